The summed E-state index contributed by atoms with van der Waals surface area (Å²) in [5.74, 6) is -0.401. The molecule has 0 N–H and O–H groups in total. The number of aryl methyl sites for hydroxylation is 1. The predicted molar refractivity (Wildman–Crippen MR) is 117 cm³/mol. The second-order valence-electron chi connectivity index (χ2n) is 6.54. The molecule has 1 heterocycles. The van der Waals surface area contributed by atoms with Crippen molar-refractivity contribution in [1.82, 2.24) is 4.98 Å². The molecule has 0 unspecified atom stereocenters. The van der Waals surface area contributed by atoms with Crippen molar-refractivity contribution >= 4 is 28.9 Å². The zero-order valence-electron chi connectivity index (χ0n) is 17.0. The van der Waals surface area contributed by atoms with Gasteiger partial charge < -0.3 is 14.4 Å². The van der Waals surface area contributed by atoms with E-state index < -0.39 is 18.5 Å². The molecule has 2 aromatic carbocycles. The molecular weight excluding hydrogens is 414 g/mol. The molecule has 0 aliphatic heterocycles. The van der Waals surface area contributed by atoms with Gasteiger partial charge in [0.25, 0.3) is 5.91 Å². The van der Waals surface area contributed by atoms with Gasteiger partial charge >= 0.3 is 5.97 Å². The first-order valence-corrected chi connectivity index (χ1v) is 10.5. The molecule has 0 aliphatic rings. The van der Waals surface area contributed by atoms with Gasteiger partial charge in [0, 0.05) is 17.6 Å². The molecule has 0 aliphatic carbocycles. The van der Waals surface area contributed by atoms with Crippen LogP contribution in [0.3, 0.4) is 0 Å². The van der Waals surface area contributed by atoms with E-state index in [1.54, 1.807) is 59.9 Å². The first-order valence-electron chi connectivity index (χ1n) is 9.60. The fraction of sp³-hybridized carbons (Fsp3) is 0.217. The van der Waals surface area contributed by atoms with E-state index in [4.69, 9.17) is 14.7 Å². The van der Waals surface area contributed by atoms with Crippen LogP contribution in [-0.2, 0) is 16.1 Å². The van der Waals surface area contributed by atoms with Gasteiger partial charge in [0.2, 0.25) is 0 Å². The normalized spacial score (nSPS) is 10.2. The number of carbonyl (C=O) groups excluding carboxylic acids is 2. The SMILES string of the molecule is Cc1nc(COc2ccc(C(=O)OCC(=O)N(CCC#N)c3ccccc3)cc2)cs1. The van der Waals surface area contributed by atoms with Crippen molar-refractivity contribution in [3.8, 4) is 11.8 Å². The van der Waals surface area contributed by atoms with Crippen LogP contribution in [0, 0.1) is 18.3 Å². The molecule has 0 fully saturated rings. The Kier molecular flexibility index (Phi) is 7.73. The van der Waals surface area contributed by atoms with E-state index in [9.17, 15) is 9.59 Å². The maximum Gasteiger partial charge on any atom is 0.338 e. The number of aromatic nitrogens is 1. The van der Waals surface area contributed by atoms with Gasteiger partial charge in [-0.25, -0.2) is 9.78 Å². The van der Waals surface area contributed by atoms with Gasteiger partial charge in [-0.3, -0.25) is 4.79 Å². The van der Waals surface area contributed by atoms with Gasteiger partial charge in [-0.05, 0) is 43.3 Å². The fourth-order valence-electron chi connectivity index (χ4n) is 2.78. The number of benzene rings is 2. The minimum absolute atomic E-state index is 0.177. The van der Waals surface area contributed by atoms with Crippen molar-refractivity contribution in [3.63, 3.8) is 0 Å². The minimum Gasteiger partial charge on any atom is -0.487 e. The van der Waals surface area contributed by atoms with Crippen molar-refractivity contribution in [2.45, 2.75) is 20.0 Å². The Balaban J connectivity index is 1.54. The van der Waals surface area contributed by atoms with Crippen LogP contribution in [0.15, 0.2) is 60.0 Å². The largest absolute Gasteiger partial charge is 0.487 e. The molecule has 1 amide bonds. The number of hydrogen-bond donors (Lipinski definition) is 0. The summed E-state index contributed by atoms with van der Waals surface area (Å²) in [6, 6.07) is 17.5. The van der Waals surface area contributed by atoms with E-state index in [-0.39, 0.29) is 13.0 Å². The molecule has 7 nitrogen and oxygen atoms in total. The minimum atomic E-state index is -0.608. The van der Waals surface area contributed by atoms with Gasteiger partial charge in [0.05, 0.1) is 28.8 Å². The molecule has 158 valence electrons. The molecule has 0 bridgehead atoms. The predicted octanol–water partition coefficient (Wildman–Crippen LogP) is 4.13. The van der Waals surface area contributed by atoms with Crippen LogP contribution in [0.4, 0.5) is 5.69 Å². The van der Waals surface area contributed by atoms with E-state index in [0.717, 1.165) is 10.7 Å². The molecule has 0 saturated carbocycles. The Labute approximate surface area is 184 Å². The highest BCUT2D eigenvalue weighted by Gasteiger charge is 2.18. The Hall–Kier alpha value is -3.70. The number of nitriles is 1. The number of nitrogens with zero attached hydrogens (tertiary/aromatic N) is 3. The summed E-state index contributed by atoms with van der Waals surface area (Å²) in [5.41, 5.74) is 1.81. The molecule has 3 aromatic rings. The van der Waals surface area contributed by atoms with E-state index in [1.807, 2.05) is 24.4 Å². The number of amides is 1. The summed E-state index contributed by atoms with van der Waals surface area (Å²) in [5, 5.41) is 11.8. The summed E-state index contributed by atoms with van der Waals surface area (Å²) in [6.45, 7) is 2.09. The molecular formula is C23H21N3O4S. The number of thiazole rings is 1. The van der Waals surface area contributed by atoms with Crippen LogP contribution in [0.25, 0.3) is 0 Å². The van der Waals surface area contributed by atoms with Crippen LogP contribution in [0.2, 0.25) is 0 Å². The molecule has 1 aromatic heterocycles. The van der Waals surface area contributed by atoms with Crippen LogP contribution in [-0.4, -0.2) is 30.0 Å². The number of carbonyl (C=O) groups is 2. The Morgan fingerprint density at radius 1 is 1.13 bits per heavy atom. The molecule has 8 heteroatoms. The quantitative estimate of drug-likeness (QED) is 0.469. The zero-order valence-corrected chi connectivity index (χ0v) is 17.8. The number of anilines is 1. The monoisotopic (exact) mass is 435 g/mol. The van der Waals surface area contributed by atoms with E-state index in [2.05, 4.69) is 4.98 Å². The lowest BCUT2D eigenvalue weighted by Gasteiger charge is -2.21. The van der Waals surface area contributed by atoms with E-state index in [1.165, 1.54) is 4.90 Å². The Bertz CT molecular complexity index is 1060. The van der Waals surface area contributed by atoms with E-state index in [0.29, 0.717) is 23.6 Å². The van der Waals surface area contributed by atoms with Crippen LogP contribution >= 0.6 is 11.3 Å². The highest BCUT2D eigenvalue weighted by atomic mass is 32.1. The first-order chi connectivity index (χ1) is 15.1. The highest BCUT2D eigenvalue weighted by Crippen LogP contribution is 2.17. The van der Waals surface area contributed by atoms with Gasteiger partial charge in [0.1, 0.15) is 12.4 Å². The third kappa shape index (κ3) is 6.39. The second-order valence-corrected chi connectivity index (χ2v) is 7.60. The number of hydrogen-bond acceptors (Lipinski definition) is 7. The van der Waals surface area contributed by atoms with Gasteiger partial charge in [-0.15, -0.1) is 11.3 Å². The molecule has 0 saturated heterocycles. The van der Waals surface area contributed by atoms with Crippen molar-refractivity contribution in [2.24, 2.45) is 0 Å². The average molecular weight is 436 g/mol. The van der Waals surface area contributed by atoms with Crippen LogP contribution in [0.5, 0.6) is 5.75 Å². The molecule has 0 spiro atoms. The molecule has 3 rings (SSSR count). The maximum absolute atomic E-state index is 12.6. The smallest absolute Gasteiger partial charge is 0.338 e. The Morgan fingerprint density at radius 3 is 2.52 bits per heavy atom. The lowest BCUT2D eigenvalue weighted by molar-refractivity contribution is -0.121. The third-order valence-electron chi connectivity index (χ3n) is 4.29. The van der Waals surface area contributed by atoms with Crippen molar-refractivity contribution in [3.05, 3.63) is 76.2 Å². The number of ether oxygens (including phenoxy) is 2. The lowest BCUT2D eigenvalue weighted by Crippen LogP contribution is -2.35. The van der Waals surface area contributed by atoms with Gasteiger partial charge in [-0.2, -0.15) is 5.26 Å². The number of para-hydroxylation sites is 1. The molecule has 0 atom stereocenters. The summed E-state index contributed by atoms with van der Waals surface area (Å²) in [4.78, 5) is 30.7. The Morgan fingerprint density at radius 2 is 1.87 bits per heavy atom. The second kappa shape index (κ2) is 10.9. The first kappa shape index (κ1) is 22.0. The summed E-state index contributed by atoms with van der Waals surface area (Å²) in [6.07, 6.45) is 0.177. The number of rotatable bonds is 9. The van der Waals surface area contributed by atoms with Crippen molar-refractivity contribution < 1.29 is 19.1 Å². The third-order valence-corrected chi connectivity index (χ3v) is 5.11. The standard InChI is InChI=1S/C23H21N3O4S/c1-17-25-19(16-31-17)14-29-21-10-8-18(9-11-21)23(28)30-15-22(27)26(13-5-12-24)20-6-3-2-4-7-20/h2-4,6-11,16H,5,13-15H2,1H3. The summed E-state index contributed by atoms with van der Waals surface area (Å²) < 4.78 is 10.8. The molecule has 31 heavy (non-hydrogen) atoms. The van der Waals surface area contributed by atoms with E-state index >= 15 is 0 Å². The van der Waals surface area contributed by atoms with Crippen LogP contribution in [0.1, 0.15) is 27.5 Å². The highest BCUT2D eigenvalue weighted by molar-refractivity contribution is 7.09. The fourth-order valence-corrected chi connectivity index (χ4v) is 3.37. The summed E-state index contributed by atoms with van der Waals surface area (Å²) >= 11 is 1.56. The maximum atomic E-state index is 12.6. The topological polar surface area (TPSA) is 92.5 Å². The van der Waals surface area contributed by atoms with Crippen molar-refractivity contribution in [2.75, 3.05) is 18.1 Å². The molecule has 0 radical (unpaired) electrons. The zero-order chi connectivity index (χ0) is 22.1. The average Bonchev–Trinajstić information content (AvgIpc) is 3.22. The van der Waals surface area contributed by atoms with Gasteiger partial charge in [-0.1, -0.05) is 18.2 Å². The lowest BCUT2D eigenvalue weighted by atomic mass is 10.2. The summed E-state index contributed by atoms with van der Waals surface area (Å²) in [7, 11) is 0. The van der Waals surface area contributed by atoms with Crippen molar-refractivity contribution in [1.29, 1.82) is 5.26 Å². The van der Waals surface area contributed by atoms with Gasteiger partial charge in [0.15, 0.2) is 6.61 Å². The van der Waals surface area contributed by atoms with Crippen LogP contribution < -0.4 is 9.64 Å². The number of esters is 1.